The molecule has 1 aromatic carbocycles. The Morgan fingerprint density at radius 2 is 1.75 bits per heavy atom. The molecule has 1 rings (SSSR count). The van der Waals surface area contributed by atoms with E-state index in [1.165, 1.54) is 0 Å². The first kappa shape index (κ1) is 12.6. The summed E-state index contributed by atoms with van der Waals surface area (Å²) in [5.41, 5.74) is 0.815. The molecule has 0 saturated carbocycles. The lowest BCUT2D eigenvalue weighted by atomic mass is 10.0. The number of benzene rings is 1. The number of phenolic OH excluding ortho intramolecular Hbond substituents is 1. The number of rotatable bonds is 4. The first-order valence-electron chi connectivity index (χ1n) is 5.66. The van der Waals surface area contributed by atoms with Gasteiger partial charge in [0.15, 0.2) is 0 Å². The fraction of sp³-hybridized carbons (Fsp3) is 0.462. The Bertz CT molecular complexity index is 341. The summed E-state index contributed by atoms with van der Waals surface area (Å²) in [5.74, 6) is 0.432. The third-order valence-corrected chi connectivity index (χ3v) is 2.90. The molecule has 0 spiro atoms. The van der Waals surface area contributed by atoms with Gasteiger partial charge in [-0.05, 0) is 37.1 Å². The molecule has 0 fully saturated rings. The van der Waals surface area contributed by atoms with Gasteiger partial charge in [0.1, 0.15) is 5.75 Å². The number of amides is 1. The van der Waals surface area contributed by atoms with Crippen molar-refractivity contribution in [2.45, 2.75) is 26.7 Å². The molecule has 0 aliphatic carbocycles. The van der Waals surface area contributed by atoms with E-state index in [1.54, 1.807) is 36.2 Å². The Morgan fingerprint density at radius 1 is 1.25 bits per heavy atom. The molecule has 16 heavy (non-hydrogen) atoms. The number of carbonyl (C=O) groups excluding carboxylic acids is 1. The highest BCUT2D eigenvalue weighted by Crippen LogP contribution is 2.20. The van der Waals surface area contributed by atoms with Gasteiger partial charge in [0, 0.05) is 18.7 Å². The van der Waals surface area contributed by atoms with Crippen molar-refractivity contribution in [3.8, 4) is 5.75 Å². The Hall–Kier alpha value is -1.51. The molecular weight excluding hydrogens is 202 g/mol. The molecule has 3 nitrogen and oxygen atoms in total. The number of phenols is 1. The van der Waals surface area contributed by atoms with E-state index in [0.29, 0.717) is 0 Å². The highest BCUT2D eigenvalue weighted by molar-refractivity contribution is 5.94. The van der Waals surface area contributed by atoms with Crippen molar-refractivity contribution in [2.75, 3.05) is 11.9 Å². The number of carbonyl (C=O) groups is 1. The maximum atomic E-state index is 12.1. The summed E-state index contributed by atoms with van der Waals surface area (Å²) < 4.78 is 0. The molecular formula is C13H19NO2. The number of nitrogens with zero attached hydrogens (tertiary/aromatic N) is 1. The van der Waals surface area contributed by atoms with Gasteiger partial charge in [-0.2, -0.15) is 0 Å². The lowest BCUT2D eigenvalue weighted by Crippen LogP contribution is -2.32. The van der Waals surface area contributed by atoms with Crippen LogP contribution in [0.1, 0.15) is 26.7 Å². The molecule has 0 aromatic heterocycles. The molecule has 0 unspecified atom stereocenters. The van der Waals surface area contributed by atoms with E-state index in [-0.39, 0.29) is 17.6 Å². The van der Waals surface area contributed by atoms with Crippen LogP contribution in [0.15, 0.2) is 24.3 Å². The van der Waals surface area contributed by atoms with Gasteiger partial charge < -0.3 is 10.0 Å². The van der Waals surface area contributed by atoms with Crippen LogP contribution in [-0.2, 0) is 4.79 Å². The molecule has 0 radical (unpaired) electrons. The van der Waals surface area contributed by atoms with Gasteiger partial charge in [0.2, 0.25) is 5.91 Å². The predicted molar refractivity (Wildman–Crippen MR) is 65.6 cm³/mol. The summed E-state index contributed by atoms with van der Waals surface area (Å²) >= 11 is 0. The van der Waals surface area contributed by atoms with Crippen LogP contribution in [0.4, 0.5) is 5.69 Å². The van der Waals surface area contributed by atoms with Gasteiger partial charge in [0.05, 0.1) is 0 Å². The lowest BCUT2D eigenvalue weighted by Gasteiger charge is -2.22. The second-order valence-corrected chi connectivity index (χ2v) is 3.93. The Labute approximate surface area is 96.7 Å². The summed E-state index contributed by atoms with van der Waals surface area (Å²) in [7, 11) is 1.77. The third-order valence-electron chi connectivity index (χ3n) is 2.90. The van der Waals surface area contributed by atoms with Crippen LogP contribution < -0.4 is 4.90 Å². The van der Waals surface area contributed by atoms with E-state index < -0.39 is 0 Å². The van der Waals surface area contributed by atoms with Crippen molar-refractivity contribution in [1.82, 2.24) is 0 Å². The van der Waals surface area contributed by atoms with E-state index in [9.17, 15) is 9.90 Å². The second kappa shape index (κ2) is 5.54. The number of aromatic hydroxyl groups is 1. The average Bonchev–Trinajstić information content (AvgIpc) is 2.30. The van der Waals surface area contributed by atoms with Crippen LogP contribution in [0, 0.1) is 5.92 Å². The Kier molecular flexibility index (Phi) is 4.35. The van der Waals surface area contributed by atoms with Crippen LogP contribution in [0.3, 0.4) is 0 Å². The molecule has 1 N–H and O–H groups in total. The van der Waals surface area contributed by atoms with E-state index in [2.05, 4.69) is 0 Å². The van der Waals surface area contributed by atoms with Gasteiger partial charge in [-0.1, -0.05) is 13.8 Å². The normalized spacial score (nSPS) is 10.5. The number of hydrogen-bond donors (Lipinski definition) is 1. The number of anilines is 1. The zero-order valence-corrected chi connectivity index (χ0v) is 10.1. The summed E-state index contributed by atoms with van der Waals surface area (Å²) in [6.45, 7) is 4.05. The second-order valence-electron chi connectivity index (χ2n) is 3.93. The molecule has 1 amide bonds. The topological polar surface area (TPSA) is 40.5 Å². The zero-order valence-electron chi connectivity index (χ0n) is 10.1. The molecule has 1 aromatic rings. The molecule has 0 saturated heterocycles. The molecule has 0 atom stereocenters. The van der Waals surface area contributed by atoms with Gasteiger partial charge >= 0.3 is 0 Å². The minimum atomic E-state index is 0.0822. The van der Waals surface area contributed by atoms with Crippen molar-refractivity contribution in [1.29, 1.82) is 0 Å². The minimum Gasteiger partial charge on any atom is -0.508 e. The van der Waals surface area contributed by atoms with Crippen molar-refractivity contribution in [2.24, 2.45) is 5.92 Å². The largest absolute Gasteiger partial charge is 0.508 e. The van der Waals surface area contributed by atoms with E-state index in [1.807, 2.05) is 13.8 Å². The highest BCUT2D eigenvalue weighted by Gasteiger charge is 2.19. The van der Waals surface area contributed by atoms with Crippen molar-refractivity contribution >= 4 is 11.6 Å². The molecule has 0 bridgehead atoms. The quantitative estimate of drug-likeness (QED) is 0.849. The zero-order chi connectivity index (χ0) is 12.1. The van der Waals surface area contributed by atoms with Crippen LogP contribution in [0.25, 0.3) is 0 Å². The van der Waals surface area contributed by atoms with E-state index in [0.717, 1.165) is 18.5 Å². The summed E-state index contributed by atoms with van der Waals surface area (Å²) in [6.07, 6.45) is 1.72. The summed E-state index contributed by atoms with van der Waals surface area (Å²) in [6, 6.07) is 6.67. The van der Waals surface area contributed by atoms with Crippen molar-refractivity contribution < 1.29 is 9.90 Å². The van der Waals surface area contributed by atoms with Gasteiger partial charge in [-0.15, -0.1) is 0 Å². The summed E-state index contributed by atoms with van der Waals surface area (Å²) in [5, 5.41) is 9.18. The molecule has 3 heteroatoms. The Balaban J connectivity index is 2.81. The van der Waals surface area contributed by atoms with Gasteiger partial charge in [0.25, 0.3) is 0 Å². The van der Waals surface area contributed by atoms with E-state index >= 15 is 0 Å². The Morgan fingerprint density at radius 3 is 2.19 bits per heavy atom. The van der Waals surface area contributed by atoms with Crippen LogP contribution in [-0.4, -0.2) is 18.1 Å². The van der Waals surface area contributed by atoms with Crippen molar-refractivity contribution in [3.63, 3.8) is 0 Å². The first-order valence-corrected chi connectivity index (χ1v) is 5.66. The average molecular weight is 221 g/mol. The fourth-order valence-corrected chi connectivity index (χ4v) is 1.72. The molecule has 0 heterocycles. The van der Waals surface area contributed by atoms with Crippen LogP contribution >= 0.6 is 0 Å². The van der Waals surface area contributed by atoms with Gasteiger partial charge in [-0.25, -0.2) is 0 Å². The molecule has 0 aliphatic rings. The minimum absolute atomic E-state index is 0.0822. The maximum Gasteiger partial charge on any atom is 0.229 e. The maximum absolute atomic E-state index is 12.1. The smallest absolute Gasteiger partial charge is 0.229 e. The van der Waals surface area contributed by atoms with Gasteiger partial charge in [-0.3, -0.25) is 4.79 Å². The van der Waals surface area contributed by atoms with Crippen LogP contribution in [0.5, 0.6) is 5.75 Å². The standard InChI is InChI=1S/C13H19NO2/c1-4-10(5-2)13(16)14(3)11-6-8-12(15)9-7-11/h6-10,15H,4-5H2,1-3H3. The SMILES string of the molecule is CCC(CC)C(=O)N(C)c1ccc(O)cc1. The first-order chi connectivity index (χ1) is 7.60. The van der Waals surface area contributed by atoms with Crippen LogP contribution in [0.2, 0.25) is 0 Å². The highest BCUT2D eigenvalue weighted by atomic mass is 16.3. The fourth-order valence-electron chi connectivity index (χ4n) is 1.72. The van der Waals surface area contributed by atoms with E-state index in [4.69, 9.17) is 0 Å². The monoisotopic (exact) mass is 221 g/mol. The summed E-state index contributed by atoms with van der Waals surface area (Å²) in [4.78, 5) is 13.7. The molecule has 88 valence electrons. The molecule has 0 aliphatic heterocycles. The third kappa shape index (κ3) is 2.75. The number of hydrogen-bond acceptors (Lipinski definition) is 2. The lowest BCUT2D eigenvalue weighted by molar-refractivity contribution is -0.122. The van der Waals surface area contributed by atoms with Crippen molar-refractivity contribution in [3.05, 3.63) is 24.3 Å². The predicted octanol–water partition coefficient (Wildman–Crippen LogP) is 2.79.